The topological polar surface area (TPSA) is 145 Å². The number of carboxylic acid groups (broad SMARTS) is 2. The molecule has 0 fully saturated rings. The summed E-state index contributed by atoms with van der Waals surface area (Å²) < 4.78 is 4.90. The maximum absolute atomic E-state index is 9.90. The molecule has 0 saturated carbocycles. The monoisotopic (exact) mass is 378 g/mol. The lowest BCUT2D eigenvalue weighted by Crippen LogP contribution is -2.32. The average molecular weight is 378 g/mol. The molecule has 8 heteroatoms. The molecule has 0 radical (unpaired) electrons. The van der Waals surface area contributed by atoms with Gasteiger partial charge in [0.05, 0.1) is 33.0 Å². The van der Waals surface area contributed by atoms with Crippen LogP contribution in [0.5, 0.6) is 0 Å². The number of hydrogen-bond acceptors (Lipinski definition) is 6. The zero-order valence-corrected chi connectivity index (χ0v) is 15.6. The molecule has 0 aromatic heterocycles. The van der Waals surface area contributed by atoms with Crippen molar-refractivity contribution < 1.29 is 39.9 Å². The molecule has 0 unspecified atom stereocenters. The van der Waals surface area contributed by atoms with Crippen LogP contribution in [0.25, 0.3) is 0 Å². The summed E-state index contributed by atoms with van der Waals surface area (Å²) in [6.45, 7) is 9.53. The normalized spacial score (nSPS) is 9.85. The Bertz CT molecular complexity index is 323. The molecule has 8 nitrogen and oxygen atoms in total. The van der Waals surface area contributed by atoms with Gasteiger partial charge in [-0.1, -0.05) is 19.1 Å². The molecule has 0 rings (SSSR count). The minimum atomic E-state index is -0.870. The Hall–Kier alpha value is -1.74. The van der Waals surface area contributed by atoms with E-state index in [0.717, 1.165) is 0 Å². The molecular weight excluding hydrogens is 344 g/mol. The SMILES string of the molecule is C=CCOCC=C.CCC(CO)(CO)CO.O=C(O)CCCCC(=O)O. The van der Waals surface area contributed by atoms with Gasteiger partial charge in [-0.3, -0.25) is 9.59 Å². The number of unbranched alkanes of at least 4 members (excludes halogenated alkanes) is 1. The van der Waals surface area contributed by atoms with Gasteiger partial charge in [-0.15, -0.1) is 13.2 Å². The Morgan fingerprint density at radius 2 is 1.23 bits per heavy atom. The minimum absolute atomic E-state index is 0.0628. The van der Waals surface area contributed by atoms with Crippen molar-refractivity contribution in [3.63, 3.8) is 0 Å². The van der Waals surface area contributed by atoms with E-state index in [2.05, 4.69) is 13.2 Å². The molecule has 0 heterocycles. The van der Waals surface area contributed by atoms with Crippen LogP contribution >= 0.6 is 0 Å². The van der Waals surface area contributed by atoms with Crippen LogP contribution in [0.1, 0.15) is 39.0 Å². The minimum Gasteiger partial charge on any atom is -0.481 e. The lowest BCUT2D eigenvalue weighted by molar-refractivity contribution is -0.139. The van der Waals surface area contributed by atoms with Crippen molar-refractivity contribution in [1.82, 2.24) is 0 Å². The number of aliphatic hydroxyl groups excluding tert-OH is 3. The van der Waals surface area contributed by atoms with E-state index in [1.165, 1.54) is 0 Å². The second kappa shape index (κ2) is 21.3. The zero-order chi connectivity index (χ0) is 20.8. The third-order valence-corrected chi connectivity index (χ3v) is 3.26. The molecule has 0 aromatic carbocycles. The third kappa shape index (κ3) is 22.3. The Kier molecular flexibility index (Phi) is 23.8. The lowest BCUT2D eigenvalue weighted by atomic mass is 9.88. The summed E-state index contributed by atoms with van der Waals surface area (Å²) in [6, 6.07) is 0. The highest BCUT2D eigenvalue weighted by Gasteiger charge is 2.24. The molecule has 0 saturated heterocycles. The van der Waals surface area contributed by atoms with E-state index in [1.54, 1.807) is 12.2 Å². The van der Waals surface area contributed by atoms with Gasteiger partial charge in [0.25, 0.3) is 0 Å². The van der Waals surface area contributed by atoms with Crippen molar-refractivity contribution in [2.45, 2.75) is 39.0 Å². The number of aliphatic carboxylic acids is 2. The fourth-order valence-corrected chi connectivity index (χ4v) is 1.27. The number of rotatable bonds is 13. The summed E-state index contributed by atoms with van der Waals surface area (Å²) >= 11 is 0. The second-order valence-electron chi connectivity index (χ2n) is 5.44. The van der Waals surface area contributed by atoms with Crippen LogP contribution in [-0.4, -0.2) is 70.5 Å². The highest BCUT2D eigenvalue weighted by molar-refractivity contribution is 5.67. The van der Waals surface area contributed by atoms with Crippen LogP contribution in [0.3, 0.4) is 0 Å². The van der Waals surface area contributed by atoms with Gasteiger partial charge in [0.15, 0.2) is 0 Å². The van der Waals surface area contributed by atoms with E-state index in [9.17, 15) is 9.59 Å². The van der Waals surface area contributed by atoms with E-state index in [-0.39, 0.29) is 32.7 Å². The molecule has 5 N–H and O–H groups in total. The van der Waals surface area contributed by atoms with Gasteiger partial charge in [-0.2, -0.15) is 0 Å². The van der Waals surface area contributed by atoms with Gasteiger partial charge >= 0.3 is 11.9 Å². The molecule has 0 aliphatic carbocycles. The predicted molar refractivity (Wildman–Crippen MR) is 98.9 cm³/mol. The Morgan fingerprint density at radius 1 is 0.885 bits per heavy atom. The maximum atomic E-state index is 9.90. The number of ether oxygens (including phenoxy) is 1. The van der Waals surface area contributed by atoms with Gasteiger partial charge in [0.1, 0.15) is 0 Å². The molecule has 26 heavy (non-hydrogen) atoms. The smallest absolute Gasteiger partial charge is 0.303 e. The van der Waals surface area contributed by atoms with Crippen LogP contribution in [0, 0.1) is 5.41 Å². The van der Waals surface area contributed by atoms with Gasteiger partial charge in [0.2, 0.25) is 0 Å². The molecule has 0 bridgehead atoms. The van der Waals surface area contributed by atoms with E-state index in [0.29, 0.717) is 32.5 Å². The summed E-state index contributed by atoms with van der Waals surface area (Å²) in [5.74, 6) is -1.74. The van der Waals surface area contributed by atoms with E-state index in [1.807, 2.05) is 6.92 Å². The first-order valence-corrected chi connectivity index (χ1v) is 8.34. The van der Waals surface area contributed by atoms with Crippen molar-refractivity contribution in [3.05, 3.63) is 25.3 Å². The van der Waals surface area contributed by atoms with Crippen LogP contribution in [0.4, 0.5) is 0 Å². The Balaban J connectivity index is -0.000000310. The van der Waals surface area contributed by atoms with Crippen molar-refractivity contribution >= 4 is 11.9 Å². The Labute approximate surface area is 155 Å². The quantitative estimate of drug-likeness (QED) is 0.239. The first-order valence-electron chi connectivity index (χ1n) is 8.34. The third-order valence-electron chi connectivity index (χ3n) is 3.26. The molecule has 154 valence electrons. The fourth-order valence-electron chi connectivity index (χ4n) is 1.27. The summed E-state index contributed by atoms with van der Waals surface area (Å²) in [4.78, 5) is 19.8. The number of carbonyl (C=O) groups is 2. The van der Waals surface area contributed by atoms with Crippen molar-refractivity contribution in [2.24, 2.45) is 5.41 Å². The summed E-state index contributed by atoms with van der Waals surface area (Å²) in [5, 5.41) is 42.2. The summed E-state index contributed by atoms with van der Waals surface area (Å²) in [6.07, 6.45) is 5.04. The second-order valence-corrected chi connectivity index (χ2v) is 5.44. The molecule has 0 aliphatic rings. The van der Waals surface area contributed by atoms with Crippen LogP contribution in [0.15, 0.2) is 25.3 Å². The van der Waals surface area contributed by atoms with Crippen LogP contribution < -0.4 is 0 Å². The zero-order valence-electron chi connectivity index (χ0n) is 15.6. The first kappa shape index (κ1) is 29.0. The Morgan fingerprint density at radius 3 is 1.38 bits per heavy atom. The maximum Gasteiger partial charge on any atom is 0.303 e. The number of hydrogen-bond donors (Lipinski definition) is 5. The predicted octanol–water partition coefficient (Wildman–Crippen LogP) is 1.45. The van der Waals surface area contributed by atoms with E-state index >= 15 is 0 Å². The highest BCUT2D eigenvalue weighted by atomic mass is 16.5. The summed E-state index contributed by atoms with van der Waals surface area (Å²) in [7, 11) is 0. The van der Waals surface area contributed by atoms with E-state index < -0.39 is 17.4 Å². The van der Waals surface area contributed by atoms with Crippen molar-refractivity contribution in [2.75, 3.05) is 33.0 Å². The fraction of sp³-hybridized carbons (Fsp3) is 0.667. The molecule has 0 aromatic rings. The van der Waals surface area contributed by atoms with Gasteiger partial charge < -0.3 is 30.3 Å². The van der Waals surface area contributed by atoms with Crippen LogP contribution in [0.2, 0.25) is 0 Å². The molecule has 0 amide bonds. The average Bonchev–Trinajstić information content (AvgIpc) is 2.63. The van der Waals surface area contributed by atoms with Gasteiger partial charge in [0, 0.05) is 18.3 Å². The summed E-state index contributed by atoms with van der Waals surface area (Å²) in [5.41, 5.74) is -0.667. The largest absolute Gasteiger partial charge is 0.481 e. The van der Waals surface area contributed by atoms with E-state index in [4.69, 9.17) is 30.3 Å². The molecular formula is C18H34O8. The number of carboxylic acids is 2. The van der Waals surface area contributed by atoms with Crippen molar-refractivity contribution in [3.8, 4) is 0 Å². The molecule has 0 spiro atoms. The molecule has 0 atom stereocenters. The standard InChI is InChI=1S/C6H10O4.C6H14O3.C6H10O/c7-5(8)3-1-2-4-6(9)10;1-2-6(3-7,4-8)5-9;1-3-5-7-6-4-2/h1-4H2,(H,7,8)(H,9,10);7-9H,2-5H2,1H3;3-4H,1-2,5-6H2. The number of aliphatic hydroxyl groups is 3. The highest BCUT2D eigenvalue weighted by Crippen LogP contribution is 2.18. The van der Waals surface area contributed by atoms with Crippen molar-refractivity contribution in [1.29, 1.82) is 0 Å². The van der Waals surface area contributed by atoms with Crippen LogP contribution in [-0.2, 0) is 14.3 Å². The van der Waals surface area contributed by atoms with Gasteiger partial charge in [-0.05, 0) is 19.3 Å². The molecule has 0 aliphatic heterocycles. The lowest BCUT2D eigenvalue weighted by Gasteiger charge is -2.24. The van der Waals surface area contributed by atoms with Gasteiger partial charge in [-0.25, -0.2) is 0 Å². The first-order chi connectivity index (χ1) is 12.3.